The summed E-state index contributed by atoms with van der Waals surface area (Å²) < 4.78 is 29.7. The van der Waals surface area contributed by atoms with Gasteiger partial charge >= 0.3 is 0 Å². The average molecular weight is 221 g/mol. The van der Waals surface area contributed by atoms with Gasteiger partial charge in [0.25, 0.3) is 6.43 Å². The quantitative estimate of drug-likeness (QED) is 0.717. The molecule has 5 heteroatoms. The van der Waals surface area contributed by atoms with Crippen LogP contribution in [0.1, 0.15) is 12.8 Å². The Kier molecular flexibility index (Phi) is 3.23. The number of halogens is 2. The molecule has 0 atom stereocenters. The van der Waals surface area contributed by atoms with E-state index in [1.54, 1.807) is 0 Å². The van der Waals surface area contributed by atoms with Crippen LogP contribution in [0.15, 0.2) is 0 Å². The Morgan fingerprint density at radius 1 is 1.40 bits per heavy atom. The van der Waals surface area contributed by atoms with Crippen molar-refractivity contribution in [3.05, 3.63) is 0 Å². The Bertz CT molecular complexity index is 212. The maximum absolute atomic E-state index is 12.3. The lowest BCUT2D eigenvalue weighted by molar-refractivity contribution is -0.151. The first-order valence-corrected chi connectivity index (χ1v) is 5.36. The normalized spacial score (nSPS) is 24.6. The van der Waals surface area contributed by atoms with Crippen molar-refractivity contribution in [3.8, 4) is 0 Å². The second kappa shape index (κ2) is 4.31. The van der Waals surface area contributed by atoms with E-state index in [4.69, 9.17) is 4.74 Å². The number of alkyl halides is 2. The highest BCUT2D eigenvalue weighted by molar-refractivity contribution is 4.93. The molecule has 0 bridgehead atoms. The van der Waals surface area contributed by atoms with E-state index in [0.717, 1.165) is 12.8 Å². The SMILES string of the molecule is OCC1(CN(CC(F)F)C2CC2)COC1. The molecule has 15 heavy (non-hydrogen) atoms. The van der Waals surface area contributed by atoms with Gasteiger partial charge in [0.2, 0.25) is 0 Å². The number of hydrogen-bond donors (Lipinski definition) is 1. The van der Waals surface area contributed by atoms with Crippen molar-refractivity contribution in [2.75, 3.05) is 32.9 Å². The summed E-state index contributed by atoms with van der Waals surface area (Å²) >= 11 is 0. The summed E-state index contributed by atoms with van der Waals surface area (Å²) in [6.45, 7) is 1.39. The number of aliphatic hydroxyl groups is 1. The van der Waals surface area contributed by atoms with Gasteiger partial charge in [-0.25, -0.2) is 8.78 Å². The van der Waals surface area contributed by atoms with E-state index in [1.807, 2.05) is 4.90 Å². The Balaban J connectivity index is 1.87. The standard InChI is InChI=1S/C10H17F2NO2/c11-9(12)3-13(8-1-2-8)4-10(5-14)6-15-7-10/h8-9,14H,1-7H2. The molecule has 0 aromatic heterocycles. The molecule has 0 spiro atoms. The van der Waals surface area contributed by atoms with Gasteiger partial charge in [-0.3, -0.25) is 4.90 Å². The first-order chi connectivity index (χ1) is 7.15. The van der Waals surface area contributed by atoms with Crippen LogP contribution < -0.4 is 0 Å². The zero-order valence-electron chi connectivity index (χ0n) is 8.66. The van der Waals surface area contributed by atoms with Crippen molar-refractivity contribution in [1.82, 2.24) is 4.90 Å². The molecule has 0 aromatic rings. The topological polar surface area (TPSA) is 32.7 Å². The van der Waals surface area contributed by atoms with Gasteiger partial charge in [-0.15, -0.1) is 0 Å². The Morgan fingerprint density at radius 2 is 2.07 bits per heavy atom. The Morgan fingerprint density at radius 3 is 2.40 bits per heavy atom. The fourth-order valence-corrected chi connectivity index (χ4v) is 2.01. The van der Waals surface area contributed by atoms with E-state index in [1.165, 1.54) is 0 Å². The smallest absolute Gasteiger partial charge is 0.251 e. The first kappa shape index (κ1) is 11.2. The van der Waals surface area contributed by atoms with Gasteiger partial charge in [0, 0.05) is 12.6 Å². The molecule has 1 N–H and O–H groups in total. The number of hydrogen-bond acceptors (Lipinski definition) is 3. The molecule has 0 radical (unpaired) electrons. The van der Waals surface area contributed by atoms with Gasteiger partial charge in [0.15, 0.2) is 0 Å². The van der Waals surface area contributed by atoms with Gasteiger partial charge in [-0.05, 0) is 12.8 Å². The molecule has 88 valence electrons. The van der Waals surface area contributed by atoms with Gasteiger partial charge in [0.1, 0.15) is 0 Å². The third-order valence-electron chi connectivity index (χ3n) is 3.13. The van der Waals surface area contributed by atoms with Gasteiger partial charge in [-0.1, -0.05) is 0 Å². The Hall–Kier alpha value is -0.260. The van der Waals surface area contributed by atoms with Crippen LogP contribution in [0.3, 0.4) is 0 Å². The fraction of sp³-hybridized carbons (Fsp3) is 1.00. The highest BCUT2D eigenvalue weighted by Crippen LogP contribution is 2.34. The van der Waals surface area contributed by atoms with Crippen molar-refractivity contribution in [3.63, 3.8) is 0 Å². The van der Waals surface area contributed by atoms with E-state index in [2.05, 4.69) is 0 Å². The van der Waals surface area contributed by atoms with Crippen LogP contribution >= 0.6 is 0 Å². The molecule has 0 unspecified atom stereocenters. The average Bonchev–Trinajstić information content (AvgIpc) is 2.91. The van der Waals surface area contributed by atoms with Crippen LogP contribution in [0.5, 0.6) is 0 Å². The van der Waals surface area contributed by atoms with Crippen LogP contribution in [0.25, 0.3) is 0 Å². The molecule has 1 heterocycles. The van der Waals surface area contributed by atoms with Gasteiger partial charge < -0.3 is 9.84 Å². The second-order valence-electron chi connectivity index (χ2n) is 4.70. The summed E-state index contributed by atoms with van der Waals surface area (Å²) in [6, 6.07) is 0.308. The minimum Gasteiger partial charge on any atom is -0.396 e. The van der Waals surface area contributed by atoms with Crippen molar-refractivity contribution < 1.29 is 18.6 Å². The lowest BCUT2D eigenvalue weighted by Crippen LogP contribution is -2.54. The molecule has 0 amide bonds. The summed E-state index contributed by atoms with van der Waals surface area (Å²) in [5.74, 6) is 0. The number of nitrogens with zero attached hydrogens (tertiary/aromatic N) is 1. The first-order valence-electron chi connectivity index (χ1n) is 5.36. The molecule has 2 rings (SSSR count). The fourth-order valence-electron chi connectivity index (χ4n) is 2.01. The van der Waals surface area contributed by atoms with Crippen molar-refractivity contribution in [2.24, 2.45) is 5.41 Å². The second-order valence-corrected chi connectivity index (χ2v) is 4.70. The summed E-state index contributed by atoms with van der Waals surface area (Å²) in [5.41, 5.74) is -0.280. The predicted octanol–water partition coefficient (Wildman–Crippen LogP) is 0.725. The van der Waals surface area contributed by atoms with E-state index in [9.17, 15) is 13.9 Å². The van der Waals surface area contributed by atoms with Crippen LogP contribution in [0.2, 0.25) is 0 Å². The van der Waals surface area contributed by atoms with E-state index in [0.29, 0.717) is 25.8 Å². The van der Waals surface area contributed by atoms with E-state index in [-0.39, 0.29) is 18.6 Å². The summed E-state index contributed by atoms with van der Waals surface area (Å²) in [7, 11) is 0. The molecule has 1 aliphatic carbocycles. The van der Waals surface area contributed by atoms with Crippen molar-refractivity contribution in [1.29, 1.82) is 0 Å². The van der Waals surface area contributed by atoms with Crippen LogP contribution in [-0.2, 0) is 4.74 Å². The monoisotopic (exact) mass is 221 g/mol. The van der Waals surface area contributed by atoms with E-state index < -0.39 is 6.43 Å². The Labute approximate surface area is 88.0 Å². The summed E-state index contributed by atoms with van der Waals surface area (Å²) in [6.07, 6.45) is -0.271. The molecule has 2 fully saturated rings. The van der Waals surface area contributed by atoms with Gasteiger partial charge in [0.05, 0.1) is 31.8 Å². The lowest BCUT2D eigenvalue weighted by atomic mass is 9.86. The lowest BCUT2D eigenvalue weighted by Gasteiger charge is -2.43. The maximum atomic E-state index is 12.3. The number of aliphatic hydroxyl groups excluding tert-OH is 1. The highest BCUT2D eigenvalue weighted by atomic mass is 19.3. The predicted molar refractivity (Wildman–Crippen MR) is 50.9 cm³/mol. The van der Waals surface area contributed by atoms with Crippen LogP contribution in [0, 0.1) is 5.41 Å². The van der Waals surface area contributed by atoms with Crippen molar-refractivity contribution in [2.45, 2.75) is 25.3 Å². The summed E-state index contributed by atoms with van der Waals surface area (Å²) in [5, 5.41) is 9.23. The molecular weight excluding hydrogens is 204 g/mol. The molecule has 1 saturated carbocycles. The maximum Gasteiger partial charge on any atom is 0.251 e. The molecule has 1 saturated heterocycles. The van der Waals surface area contributed by atoms with E-state index >= 15 is 0 Å². The van der Waals surface area contributed by atoms with Crippen LogP contribution in [0.4, 0.5) is 8.78 Å². The minimum absolute atomic E-state index is 0.0272. The zero-order valence-corrected chi connectivity index (χ0v) is 8.66. The molecule has 0 aromatic carbocycles. The van der Waals surface area contributed by atoms with Crippen LogP contribution in [-0.4, -0.2) is 55.4 Å². The molecule has 3 nitrogen and oxygen atoms in total. The zero-order chi connectivity index (χ0) is 10.9. The van der Waals surface area contributed by atoms with Gasteiger partial charge in [-0.2, -0.15) is 0 Å². The third kappa shape index (κ3) is 2.65. The minimum atomic E-state index is -2.29. The van der Waals surface area contributed by atoms with Crippen molar-refractivity contribution >= 4 is 0 Å². The molecular formula is C10H17F2NO2. The molecule has 1 aliphatic heterocycles. The highest BCUT2D eigenvalue weighted by Gasteiger charge is 2.43. The largest absolute Gasteiger partial charge is 0.396 e. The number of ether oxygens (including phenoxy) is 1. The third-order valence-corrected chi connectivity index (χ3v) is 3.13. The number of rotatable bonds is 6. The molecule has 2 aliphatic rings. The summed E-state index contributed by atoms with van der Waals surface area (Å²) in [4.78, 5) is 1.81.